The van der Waals surface area contributed by atoms with Crippen molar-refractivity contribution >= 4 is 55.8 Å². The Hall–Kier alpha value is -1.26. The molecule has 0 fully saturated rings. The molecule has 0 saturated carbocycles. The maximum absolute atomic E-state index is 4.83. The molecule has 2 aromatic carbocycles. The van der Waals surface area contributed by atoms with Crippen molar-refractivity contribution < 1.29 is 0 Å². The first-order valence-electron chi connectivity index (χ1n) is 7.74. The molecule has 0 aliphatic carbocycles. The highest BCUT2D eigenvalue weighted by Gasteiger charge is 2.25. The third kappa shape index (κ3) is 1.97. The minimum Gasteiger partial charge on any atom is -0.246 e. The Morgan fingerprint density at radius 3 is 1.55 bits per heavy atom. The van der Waals surface area contributed by atoms with E-state index in [0.29, 0.717) is 0 Å². The zero-order valence-corrected chi connectivity index (χ0v) is 14.9. The van der Waals surface area contributed by atoms with E-state index in [1.165, 1.54) is 31.7 Å². The molecule has 2 heterocycles. The molecule has 22 heavy (non-hydrogen) atoms. The van der Waals surface area contributed by atoms with Crippen molar-refractivity contribution in [3.63, 3.8) is 0 Å². The van der Waals surface area contributed by atoms with Crippen LogP contribution in [0.3, 0.4) is 0 Å². The summed E-state index contributed by atoms with van der Waals surface area (Å²) in [6.07, 6.45) is 2.06. The SMILES string of the molecule is CCc1cc2c3c(c(CC)cc4c3c1SC(C)=N4)SC(C)=N2. The van der Waals surface area contributed by atoms with Gasteiger partial charge >= 0.3 is 0 Å². The Morgan fingerprint density at radius 2 is 1.18 bits per heavy atom. The Balaban J connectivity index is 2.22. The van der Waals surface area contributed by atoms with Crippen molar-refractivity contribution in [1.82, 2.24) is 0 Å². The van der Waals surface area contributed by atoms with E-state index in [0.717, 1.165) is 34.3 Å². The number of aryl methyl sites for hydroxylation is 2. The molecule has 2 aliphatic heterocycles. The van der Waals surface area contributed by atoms with E-state index in [1.807, 2.05) is 23.5 Å². The lowest BCUT2D eigenvalue weighted by atomic mass is 9.98. The molecule has 4 heteroatoms. The molecule has 0 atom stereocenters. The van der Waals surface area contributed by atoms with Crippen LogP contribution in [0, 0.1) is 0 Å². The van der Waals surface area contributed by atoms with E-state index < -0.39 is 0 Å². The second-order valence-corrected chi connectivity index (χ2v) is 8.10. The molecule has 0 spiro atoms. The van der Waals surface area contributed by atoms with Crippen LogP contribution in [-0.4, -0.2) is 10.1 Å². The molecule has 0 N–H and O–H groups in total. The first kappa shape index (κ1) is 14.3. The average molecular weight is 326 g/mol. The molecule has 2 aromatic rings. The van der Waals surface area contributed by atoms with Gasteiger partial charge in [0, 0.05) is 20.6 Å². The van der Waals surface area contributed by atoms with Crippen LogP contribution in [-0.2, 0) is 12.8 Å². The van der Waals surface area contributed by atoms with Gasteiger partial charge in [-0.3, -0.25) is 0 Å². The molecular formula is C18H18N2S2. The number of rotatable bonds is 2. The van der Waals surface area contributed by atoms with Gasteiger partial charge in [0.05, 0.1) is 21.5 Å². The van der Waals surface area contributed by atoms with Crippen LogP contribution in [0.2, 0.25) is 0 Å². The zero-order chi connectivity index (χ0) is 15.4. The smallest absolute Gasteiger partial charge is 0.0755 e. The summed E-state index contributed by atoms with van der Waals surface area (Å²) in [7, 11) is 0. The molecule has 0 bridgehead atoms. The highest BCUT2D eigenvalue weighted by atomic mass is 32.2. The van der Waals surface area contributed by atoms with Crippen LogP contribution < -0.4 is 0 Å². The average Bonchev–Trinajstić information content (AvgIpc) is 2.50. The molecule has 0 radical (unpaired) electrons. The number of benzene rings is 2. The van der Waals surface area contributed by atoms with Gasteiger partial charge in [-0.25, -0.2) is 9.98 Å². The summed E-state index contributed by atoms with van der Waals surface area (Å²) in [5, 5.41) is 4.91. The predicted octanol–water partition coefficient (Wildman–Crippen LogP) is 6.28. The molecule has 0 amide bonds. The number of aliphatic imine (C=N–C) groups is 2. The quantitative estimate of drug-likeness (QED) is 0.649. The third-order valence-corrected chi connectivity index (χ3v) is 6.35. The van der Waals surface area contributed by atoms with Gasteiger partial charge in [-0.15, -0.1) is 0 Å². The molecule has 2 nitrogen and oxygen atoms in total. The van der Waals surface area contributed by atoms with Crippen LogP contribution in [0.15, 0.2) is 31.9 Å². The summed E-state index contributed by atoms with van der Waals surface area (Å²) in [6, 6.07) is 4.58. The molecular weight excluding hydrogens is 308 g/mol. The van der Waals surface area contributed by atoms with Gasteiger partial charge in [0.1, 0.15) is 0 Å². The van der Waals surface area contributed by atoms with E-state index in [9.17, 15) is 0 Å². The third-order valence-electron chi connectivity index (χ3n) is 4.24. The van der Waals surface area contributed by atoms with E-state index in [2.05, 4.69) is 39.8 Å². The lowest BCUT2D eigenvalue weighted by molar-refractivity contribution is 1.08. The Labute approximate surface area is 139 Å². The fourth-order valence-corrected chi connectivity index (χ4v) is 5.42. The van der Waals surface area contributed by atoms with Crippen LogP contribution >= 0.6 is 23.5 Å². The first-order chi connectivity index (χ1) is 10.6. The normalized spacial score (nSPS) is 15.8. The summed E-state index contributed by atoms with van der Waals surface area (Å²) in [4.78, 5) is 12.4. The van der Waals surface area contributed by atoms with Crippen LogP contribution in [0.5, 0.6) is 0 Å². The van der Waals surface area contributed by atoms with Crippen LogP contribution in [0.25, 0.3) is 10.8 Å². The van der Waals surface area contributed by atoms with Crippen LogP contribution in [0.4, 0.5) is 11.4 Å². The molecule has 2 aliphatic rings. The zero-order valence-electron chi connectivity index (χ0n) is 13.3. The van der Waals surface area contributed by atoms with Crippen molar-refractivity contribution in [2.24, 2.45) is 9.98 Å². The second-order valence-electron chi connectivity index (χ2n) is 5.69. The van der Waals surface area contributed by atoms with E-state index >= 15 is 0 Å². The molecule has 0 aromatic heterocycles. The van der Waals surface area contributed by atoms with Gasteiger partial charge in [-0.1, -0.05) is 37.4 Å². The lowest BCUT2D eigenvalue weighted by Gasteiger charge is -2.25. The number of thioether (sulfide) groups is 2. The van der Waals surface area contributed by atoms with Crippen LogP contribution in [0.1, 0.15) is 38.8 Å². The molecule has 4 rings (SSSR count). The summed E-state index contributed by atoms with van der Waals surface area (Å²) in [5.74, 6) is 0. The van der Waals surface area contributed by atoms with Crippen molar-refractivity contribution in [1.29, 1.82) is 0 Å². The van der Waals surface area contributed by atoms with Gasteiger partial charge in [0.15, 0.2) is 0 Å². The van der Waals surface area contributed by atoms with Crippen molar-refractivity contribution in [2.75, 3.05) is 0 Å². The predicted molar refractivity (Wildman–Crippen MR) is 100.0 cm³/mol. The largest absolute Gasteiger partial charge is 0.246 e. The molecule has 0 unspecified atom stereocenters. The standard InChI is InChI=1S/C18H18N2S2/c1-5-11-7-13-16-15-14(20-9(3)21-17(11)15)8-12(6-2)18(16)22-10(4)19-13/h7-8H,5-6H2,1-4H3. The lowest BCUT2D eigenvalue weighted by Crippen LogP contribution is -2.03. The summed E-state index contributed by atoms with van der Waals surface area (Å²) >= 11 is 3.63. The summed E-state index contributed by atoms with van der Waals surface area (Å²) in [6.45, 7) is 8.66. The molecule has 0 saturated heterocycles. The van der Waals surface area contributed by atoms with Crippen molar-refractivity contribution in [3.05, 3.63) is 23.3 Å². The minimum absolute atomic E-state index is 1.03. The second kappa shape index (κ2) is 5.14. The maximum Gasteiger partial charge on any atom is 0.0755 e. The summed E-state index contributed by atoms with van der Waals surface area (Å²) < 4.78 is 0. The molecule has 112 valence electrons. The van der Waals surface area contributed by atoms with Gasteiger partial charge in [0.2, 0.25) is 0 Å². The summed E-state index contributed by atoms with van der Waals surface area (Å²) in [5.41, 5.74) is 5.05. The highest BCUT2D eigenvalue weighted by Crippen LogP contribution is 2.52. The maximum atomic E-state index is 4.83. The Bertz CT molecular complexity index is 806. The number of hydrogen-bond donors (Lipinski definition) is 0. The fraction of sp³-hybridized carbons (Fsp3) is 0.333. The van der Waals surface area contributed by atoms with Gasteiger partial charge in [-0.2, -0.15) is 0 Å². The number of hydrogen-bond acceptors (Lipinski definition) is 4. The Kier molecular flexibility index (Phi) is 3.35. The first-order valence-corrected chi connectivity index (χ1v) is 9.37. The highest BCUT2D eigenvalue weighted by molar-refractivity contribution is 8.14. The van der Waals surface area contributed by atoms with Crippen molar-refractivity contribution in [2.45, 2.75) is 50.3 Å². The monoisotopic (exact) mass is 326 g/mol. The van der Waals surface area contributed by atoms with E-state index in [4.69, 9.17) is 9.98 Å². The van der Waals surface area contributed by atoms with E-state index in [-0.39, 0.29) is 0 Å². The topological polar surface area (TPSA) is 24.7 Å². The van der Waals surface area contributed by atoms with Gasteiger partial charge in [-0.05, 0) is 49.9 Å². The number of nitrogens with zero attached hydrogens (tertiary/aromatic N) is 2. The van der Waals surface area contributed by atoms with Gasteiger partial charge in [0.25, 0.3) is 0 Å². The van der Waals surface area contributed by atoms with Gasteiger partial charge < -0.3 is 0 Å². The van der Waals surface area contributed by atoms with Crippen molar-refractivity contribution in [3.8, 4) is 0 Å². The van der Waals surface area contributed by atoms with E-state index in [1.54, 1.807) is 0 Å². The Morgan fingerprint density at radius 1 is 0.773 bits per heavy atom. The minimum atomic E-state index is 1.03. The fourth-order valence-electron chi connectivity index (χ4n) is 3.26.